The van der Waals surface area contributed by atoms with Gasteiger partial charge in [0.1, 0.15) is 17.4 Å². The number of carbonyl (C=O) groups excluding carboxylic acids is 1. The first kappa shape index (κ1) is 31.5. The average Bonchev–Trinajstić information content (AvgIpc) is 3.73. The van der Waals surface area contributed by atoms with Gasteiger partial charge >= 0.3 is 0 Å². The molecule has 3 N–H and O–H groups in total. The number of methoxy groups -OCH3 is 1. The maximum Gasteiger partial charge on any atom is 0.253 e. The average molecular weight is 647 g/mol. The molecule has 1 saturated heterocycles. The molecule has 48 heavy (non-hydrogen) atoms. The molecule has 2 aliphatic rings. The molecule has 4 heterocycles. The zero-order valence-corrected chi connectivity index (χ0v) is 27.5. The third-order valence-electron chi connectivity index (χ3n) is 9.14. The lowest BCUT2D eigenvalue weighted by atomic mass is 10.1. The fourth-order valence-corrected chi connectivity index (χ4v) is 6.57. The second-order valence-electron chi connectivity index (χ2n) is 12.1. The standard InChI is InChI=1S/C37H42N8O3/c1-38-36(46)29-7-3-4-8-32(29)39-34-30-16-20-45(25-26-11-13-27(47-2)14-12-26)35(30)42-37(41-34)40-31-9-5-10-33-28(31)15-19-44(33)18-6-17-43-21-23-48-24-22-43/h3-5,7-15,19H,6,16-18,20-25H2,1-2H3,(H,38,46)(H2,39,40,41,42). The quantitative estimate of drug-likeness (QED) is 0.160. The molecule has 11 nitrogen and oxygen atoms in total. The maximum absolute atomic E-state index is 12.7. The van der Waals surface area contributed by atoms with Crippen LogP contribution in [0, 0.1) is 0 Å². The molecule has 0 unspecified atom stereocenters. The van der Waals surface area contributed by atoms with Crippen LogP contribution in [-0.4, -0.2) is 78.9 Å². The van der Waals surface area contributed by atoms with E-state index < -0.39 is 0 Å². The number of aromatic nitrogens is 3. The Balaban J connectivity index is 1.18. The lowest BCUT2D eigenvalue weighted by molar-refractivity contribution is 0.0369. The second kappa shape index (κ2) is 14.3. The Bertz CT molecular complexity index is 1880. The molecule has 5 aromatic rings. The van der Waals surface area contributed by atoms with Crippen molar-refractivity contribution >= 4 is 45.8 Å². The third kappa shape index (κ3) is 6.78. The number of benzene rings is 3. The van der Waals surface area contributed by atoms with Crippen molar-refractivity contribution in [2.24, 2.45) is 0 Å². The van der Waals surface area contributed by atoms with E-state index in [1.807, 2.05) is 36.4 Å². The first-order valence-electron chi connectivity index (χ1n) is 16.6. The summed E-state index contributed by atoms with van der Waals surface area (Å²) in [6, 6.07) is 24.1. The smallest absolute Gasteiger partial charge is 0.253 e. The molecular weight excluding hydrogens is 604 g/mol. The molecule has 0 saturated carbocycles. The summed E-state index contributed by atoms with van der Waals surface area (Å²) in [5.41, 5.74) is 5.53. The largest absolute Gasteiger partial charge is 0.497 e. The van der Waals surface area contributed by atoms with Gasteiger partial charge in [-0.3, -0.25) is 9.69 Å². The van der Waals surface area contributed by atoms with E-state index in [-0.39, 0.29) is 5.91 Å². The topological polar surface area (TPSA) is 109 Å². The number of para-hydroxylation sites is 1. The first-order chi connectivity index (χ1) is 23.6. The Hall–Kier alpha value is -5.13. The number of rotatable bonds is 12. The summed E-state index contributed by atoms with van der Waals surface area (Å²) in [6.45, 7) is 7.17. The Labute approximate surface area is 280 Å². The van der Waals surface area contributed by atoms with Crippen LogP contribution in [0.3, 0.4) is 0 Å². The highest BCUT2D eigenvalue weighted by Crippen LogP contribution is 2.37. The van der Waals surface area contributed by atoms with Crippen LogP contribution < -0.4 is 25.6 Å². The SMILES string of the molecule is CNC(=O)c1ccccc1Nc1nc(Nc2cccc3c2ccn3CCCN2CCOCC2)nc2c1CCN2Cc1ccc(OC)cc1. The number of nitrogens with zero attached hydrogens (tertiary/aromatic N) is 5. The number of morpholine rings is 1. The molecule has 248 valence electrons. The van der Waals surface area contributed by atoms with Gasteiger partial charge in [0.15, 0.2) is 0 Å². The maximum atomic E-state index is 12.7. The van der Waals surface area contributed by atoms with Gasteiger partial charge in [0.2, 0.25) is 5.95 Å². The van der Waals surface area contributed by atoms with E-state index in [0.717, 1.165) is 92.5 Å². The highest BCUT2D eigenvalue weighted by Gasteiger charge is 2.27. The van der Waals surface area contributed by atoms with Gasteiger partial charge in [-0.2, -0.15) is 9.97 Å². The number of nitrogens with one attached hydrogen (secondary N) is 3. The van der Waals surface area contributed by atoms with Crippen molar-refractivity contribution in [3.63, 3.8) is 0 Å². The summed E-state index contributed by atoms with van der Waals surface area (Å²) in [5.74, 6) is 2.71. The van der Waals surface area contributed by atoms with Crippen molar-refractivity contribution in [1.29, 1.82) is 0 Å². The van der Waals surface area contributed by atoms with E-state index in [4.69, 9.17) is 19.4 Å². The van der Waals surface area contributed by atoms with Gasteiger partial charge in [0.25, 0.3) is 5.91 Å². The van der Waals surface area contributed by atoms with E-state index in [1.165, 1.54) is 5.52 Å². The molecule has 2 aromatic heterocycles. The second-order valence-corrected chi connectivity index (χ2v) is 12.1. The fourth-order valence-electron chi connectivity index (χ4n) is 6.57. The molecule has 0 radical (unpaired) electrons. The van der Waals surface area contributed by atoms with Crippen molar-refractivity contribution in [1.82, 2.24) is 24.8 Å². The predicted octanol–water partition coefficient (Wildman–Crippen LogP) is 5.57. The van der Waals surface area contributed by atoms with Crippen LogP contribution in [0.5, 0.6) is 5.75 Å². The van der Waals surface area contributed by atoms with Gasteiger partial charge < -0.3 is 34.9 Å². The van der Waals surface area contributed by atoms with Gasteiger partial charge in [-0.25, -0.2) is 0 Å². The van der Waals surface area contributed by atoms with E-state index >= 15 is 0 Å². The Morgan fingerprint density at radius 1 is 0.896 bits per heavy atom. The first-order valence-corrected chi connectivity index (χ1v) is 16.6. The van der Waals surface area contributed by atoms with E-state index in [2.05, 4.69) is 72.9 Å². The Kier molecular flexibility index (Phi) is 9.39. The molecule has 0 bridgehead atoms. The normalized spacial score (nSPS) is 14.6. The van der Waals surface area contributed by atoms with Gasteiger partial charge in [0.05, 0.1) is 42.8 Å². The number of hydrogen-bond acceptors (Lipinski definition) is 9. The summed E-state index contributed by atoms with van der Waals surface area (Å²) >= 11 is 0. The molecule has 11 heteroatoms. The van der Waals surface area contributed by atoms with Gasteiger partial charge in [0, 0.05) is 63.5 Å². The van der Waals surface area contributed by atoms with Crippen LogP contribution in [0.4, 0.5) is 29.0 Å². The van der Waals surface area contributed by atoms with Gasteiger partial charge in [-0.05, 0) is 60.9 Å². The minimum absolute atomic E-state index is 0.163. The zero-order valence-electron chi connectivity index (χ0n) is 27.5. The molecule has 2 aliphatic heterocycles. The Morgan fingerprint density at radius 2 is 1.71 bits per heavy atom. The molecule has 7 rings (SSSR count). The van der Waals surface area contributed by atoms with Gasteiger partial charge in [-0.1, -0.05) is 30.3 Å². The molecule has 3 aromatic carbocycles. The van der Waals surface area contributed by atoms with Crippen molar-refractivity contribution in [3.05, 3.63) is 95.7 Å². The number of anilines is 5. The van der Waals surface area contributed by atoms with E-state index in [1.54, 1.807) is 14.2 Å². The highest BCUT2D eigenvalue weighted by molar-refractivity contribution is 6.00. The van der Waals surface area contributed by atoms with Crippen LogP contribution in [-0.2, 0) is 24.2 Å². The minimum Gasteiger partial charge on any atom is -0.497 e. The van der Waals surface area contributed by atoms with E-state index in [0.29, 0.717) is 29.6 Å². The van der Waals surface area contributed by atoms with Crippen LogP contribution >= 0.6 is 0 Å². The summed E-state index contributed by atoms with van der Waals surface area (Å²) < 4.78 is 13.2. The molecule has 0 atom stereocenters. The van der Waals surface area contributed by atoms with Crippen LogP contribution in [0.2, 0.25) is 0 Å². The predicted molar refractivity (Wildman–Crippen MR) is 190 cm³/mol. The summed E-state index contributed by atoms with van der Waals surface area (Å²) in [6.07, 6.45) is 4.02. The zero-order chi connectivity index (χ0) is 32.9. The molecule has 1 amide bonds. The Morgan fingerprint density at radius 3 is 2.52 bits per heavy atom. The number of fused-ring (bicyclic) bond motifs is 2. The number of carbonyl (C=O) groups is 1. The summed E-state index contributed by atoms with van der Waals surface area (Å²) in [5, 5.41) is 10.9. The highest BCUT2D eigenvalue weighted by atomic mass is 16.5. The van der Waals surface area contributed by atoms with Crippen molar-refractivity contribution in [2.45, 2.75) is 25.9 Å². The third-order valence-corrected chi connectivity index (χ3v) is 9.14. The molecule has 1 fully saturated rings. The van der Waals surface area contributed by atoms with Crippen LogP contribution in [0.25, 0.3) is 10.9 Å². The minimum atomic E-state index is -0.163. The van der Waals surface area contributed by atoms with E-state index in [9.17, 15) is 4.79 Å². The van der Waals surface area contributed by atoms with Crippen LogP contribution in [0.1, 0.15) is 27.9 Å². The van der Waals surface area contributed by atoms with Crippen molar-refractivity contribution in [3.8, 4) is 5.75 Å². The summed E-state index contributed by atoms with van der Waals surface area (Å²) in [7, 11) is 3.31. The monoisotopic (exact) mass is 646 g/mol. The van der Waals surface area contributed by atoms with Crippen molar-refractivity contribution < 1.29 is 14.3 Å². The number of hydrogen-bond donors (Lipinski definition) is 3. The number of aryl methyl sites for hydroxylation is 1. The number of ether oxygens (including phenoxy) is 2. The van der Waals surface area contributed by atoms with Crippen LogP contribution in [0.15, 0.2) is 79.0 Å². The fraction of sp³-hybridized carbons (Fsp3) is 0.324. The number of amides is 1. The lowest BCUT2D eigenvalue weighted by Gasteiger charge is -2.26. The van der Waals surface area contributed by atoms with Crippen molar-refractivity contribution in [2.75, 3.05) is 69.1 Å². The lowest BCUT2D eigenvalue weighted by Crippen LogP contribution is -2.37. The molecule has 0 aliphatic carbocycles. The molecular formula is C37H42N8O3. The summed E-state index contributed by atoms with van der Waals surface area (Å²) in [4.78, 5) is 27.6. The molecule has 0 spiro atoms. The van der Waals surface area contributed by atoms with Gasteiger partial charge in [-0.15, -0.1) is 0 Å².